The molecule has 0 saturated carbocycles. The van der Waals surface area contributed by atoms with Crippen LogP contribution in [-0.4, -0.2) is 49.1 Å². The second-order valence-corrected chi connectivity index (χ2v) is 10.5. The molecule has 3 aromatic carbocycles. The second-order valence-electron chi connectivity index (χ2n) is 9.00. The Hall–Kier alpha value is -2.19. The lowest BCUT2D eigenvalue weighted by Crippen LogP contribution is -2.46. The molecule has 1 saturated heterocycles. The lowest BCUT2D eigenvalue weighted by molar-refractivity contribution is -0.137. The van der Waals surface area contributed by atoms with Crippen LogP contribution in [0.2, 0.25) is 5.02 Å². The molecule has 2 heterocycles. The number of anilines is 2. The first-order valence-corrected chi connectivity index (χ1v) is 13.0. The number of fused-ring (bicyclic) bond motifs is 2. The highest BCUT2D eigenvalue weighted by Crippen LogP contribution is 2.49. The minimum Gasteiger partial charge on any atom is -0.340 e. The van der Waals surface area contributed by atoms with Gasteiger partial charge in [-0.15, -0.1) is 0 Å². The Balaban J connectivity index is 1.21. The van der Waals surface area contributed by atoms with Gasteiger partial charge in [-0.05, 0) is 61.0 Å². The first kappa shape index (κ1) is 24.5. The quantitative estimate of drug-likeness (QED) is 0.343. The molecule has 0 aromatic heterocycles. The summed E-state index contributed by atoms with van der Waals surface area (Å²) in [5.74, 6) is 0. The molecule has 3 aromatic rings. The molecular formula is C27H27ClF3N3S. The van der Waals surface area contributed by atoms with E-state index in [0.29, 0.717) is 12.2 Å². The van der Waals surface area contributed by atoms with Crippen LogP contribution in [0, 0.1) is 0 Å². The van der Waals surface area contributed by atoms with Gasteiger partial charge in [-0.2, -0.15) is 13.2 Å². The number of para-hydroxylation sites is 1. The summed E-state index contributed by atoms with van der Waals surface area (Å²) in [6.45, 7) is 6.46. The van der Waals surface area contributed by atoms with Gasteiger partial charge in [0, 0.05) is 54.1 Å². The molecule has 0 N–H and O–H groups in total. The van der Waals surface area contributed by atoms with Crippen molar-refractivity contribution in [2.45, 2.75) is 28.9 Å². The zero-order valence-corrected chi connectivity index (χ0v) is 20.8. The van der Waals surface area contributed by atoms with Gasteiger partial charge in [-0.3, -0.25) is 4.90 Å². The molecule has 0 spiro atoms. The molecule has 2 aliphatic rings. The third kappa shape index (κ3) is 5.80. The fourth-order valence-corrected chi connectivity index (χ4v) is 6.05. The van der Waals surface area contributed by atoms with Crippen LogP contribution in [0.15, 0.2) is 76.5 Å². The van der Waals surface area contributed by atoms with Crippen molar-refractivity contribution in [3.05, 3.63) is 82.9 Å². The molecular weight excluding hydrogens is 491 g/mol. The van der Waals surface area contributed by atoms with E-state index in [2.05, 4.69) is 20.8 Å². The smallest absolute Gasteiger partial charge is 0.340 e. The molecule has 0 unspecified atom stereocenters. The van der Waals surface area contributed by atoms with E-state index in [1.807, 2.05) is 42.5 Å². The van der Waals surface area contributed by atoms with Crippen molar-refractivity contribution in [1.29, 1.82) is 0 Å². The largest absolute Gasteiger partial charge is 0.416 e. The zero-order valence-electron chi connectivity index (χ0n) is 19.3. The molecule has 5 rings (SSSR count). The van der Waals surface area contributed by atoms with Crippen LogP contribution in [0.25, 0.3) is 0 Å². The normalized spacial score (nSPS) is 16.7. The highest BCUT2D eigenvalue weighted by molar-refractivity contribution is 7.99. The molecule has 3 nitrogen and oxygen atoms in total. The molecule has 0 aliphatic carbocycles. The van der Waals surface area contributed by atoms with Gasteiger partial charge in [-0.1, -0.05) is 47.6 Å². The number of rotatable bonds is 6. The first-order valence-electron chi connectivity index (χ1n) is 11.8. The van der Waals surface area contributed by atoms with E-state index in [9.17, 15) is 13.2 Å². The summed E-state index contributed by atoms with van der Waals surface area (Å²) in [5, 5.41) is 0.766. The average Bonchev–Trinajstić information content (AvgIpc) is 2.84. The molecule has 8 heteroatoms. The Morgan fingerprint density at radius 1 is 0.771 bits per heavy atom. The maximum atomic E-state index is 13.4. The van der Waals surface area contributed by atoms with Crippen molar-refractivity contribution >= 4 is 34.7 Å². The summed E-state index contributed by atoms with van der Waals surface area (Å²) in [6.07, 6.45) is -3.48. The fraction of sp³-hybridized carbons (Fsp3) is 0.333. The SMILES string of the molecule is FC(F)(F)c1ccc2c(c1)N(CCCN1CCN(Cc3cccc(Cl)c3)CC1)c1ccccc1S2. The Kier molecular flexibility index (Phi) is 7.30. The van der Waals surface area contributed by atoms with Crippen molar-refractivity contribution in [2.24, 2.45) is 0 Å². The fourth-order valence-electron chi connectivity index (χ4n) is 4.76. The van der Waals surface area contributed by atoms with Crippen molar-refractivity contribution in [3.8, 4) is 0 Å². The highest BCUT2D eigenvalue weighted by Gasteiger charge is 2.33. The number of hydrogen-bond acceptors (Lipinski definition) is 4. The second kappa shape index (κ2) is 10.4. The van der Waals surface area contributed by atoms with E-state index in [1.54, 1.807) is 6.07 Å². The standard InChI is InChI=1S/C27H27ClF3N3S/c28-22-6-3-5-20(17-22)19-33-15-13-32(14-16-33)11-4-12-34-23-7-1-2-8-25(23)35-26-10-9-21(18-24(26)34)27(29,30)31/h1-3,5-10,17-18H,4,11-16,19H2. The van der Waals surface area contributed by atoms with Crippen LogP contribution in [0.3, 0.4) is 0 Å². The van der Waals surface area contributed by atoms with Gasteiger partial charge in [0.25, 0.3) is 0 Å². The number of nitrogens with zero attached hydrogens (tertiary/aromatic N) is 3. The first-order chi connectivity index (χ1) is 16.9. The van der Waals surface area contributed by atoms with Gasteiger partial charge in [0.15, 0.2) is 0 Å². The Bertz CT molecular complexity index is 1180. The number of halogens is 4. The molecule has 1 fully saturated rings. The lowest BCUT2D eigenvalue weighted by Gasteiger charge is -2.36. The predicted molar refractivity (Wildman–Crippen MR) is 137 cm³/mol. The maximum absolute atomic E-state index is 13.4. The Morgan fingerprint density at radius 2 is 1.51 bits per heavy atom. The van der Waals surface area contributed by atoms with Gasteiger partial charge in [0.05, 0.1) is 16.9 Å². The number of benzene rings is 3. The lowest BCUT2D eigenvalue weighted by atomic mass is 10.1. The van der Waals surface area contributed by atoms with Crippen LogP contribution < -0.4 is 4.90 Å². The van der Waals surface area contributed by atoms with Crippen molar-refractivity contribution in [1.82, 2.24) is 9.80 Å². The van der Waals surface area contributed by atoms with E-state index >= 15 is 0 Å². The number of hydrogen-bond donors (Lipinski definition) is 0. The van der Waals surface area contributed by atoms with E-state index in [-0.39, 0.29) is 0 Å². The number of alkyl halides is 3. The third-order valence-electron chi connectivity index (χ3n) is 6.57. The van der Waals surface area contributed by atoms with Gasteiger partial charge >= 0.3 is 6.18 Å². The van der Waals surface area contributed by atoms with Crippen LogP contribution in [0.4, 0.5) is 24.5 Å². The monoisotopic (exact) mass is 517 g/mol. The van der Waals surface area contributed by atoms with E-state index in [1.165, 1.54) is 29.5 Å². The van der Waals surface area contributed by atoms with Crippen LogP contribution >= 0.6 is 23.4 Å². The Morgan fingerprint density at radius 3 is 2.29 bits per heavy atom. The molecule has 184 valence electrons. The van der Waals surface area contributed by atoms with Crippen molar-refractivity contribution < 1.29 is 13.2 Å². The molecule has 2 aliphatic heterocycles. The maximum Gasteiger partial charge on any atom is 0.416 e. The minimum absolute atomic E-state index is 0.600. The van der Waals surface area contributed by atoms with Crippen molar-refractivity contribution in [2.75, 3.05) is 44.2 Å². The summed E-state index contributed by atoms with van der Waals surface area (Å²) >= 11 is 7.65. The Labute approximate surface area is 213 Å². The molecule has 35 heavy (non-hydrogen) atoms. The third-order valence-corrected chi connectivity index (χ3v) is 7.93. The van der Waals surface area contributed by atoms with E-state index in [0.717, 1.165) is 66.2 Å². The van der Waals surface area contributed by atoms with Crippen molar-refractivity contribution in [3.63, 3.8) is 0 Å². The average molecular weight is 518 g/mol. The molecule has 0 bridgehead atoms. The summed E-state index contributed by atoms with van der Waals surface area (Å²) in [4.78, 5) is 8.90. The summed E-state index contributed by atoms with van der Waals surface area (Å²) < 4.78 is 40.3. The van der Waals surface area contributed by atoms with Crippen LogP contribution in [0.1, 0.15) is 17.5 Å². The summed E-state index contributed by atoms with van der Waals surface area (Å²) in [7, 11) is 0. The van der Waals surface area contributed by atoms with Crippen LogP contribution in [-0.2, 0) is 12.7 Å². The van der Waals surface area contributed by atoms with Gasteiger partial charge < -0.3 is 9.80 Å². The van der Waals surface area contributed by atoms with Gasteiger partial charge in [0.2, 0.25) is 0 Å². The van der Waals surface area contributed by atoms with E-state index < -0.39 is 11.7 Å². The molecule has 0 atom stereocenters. The summed E-state index contributed by atoms with van der Waals surface area (Å²) in [6, 6.07) is 20.0. The highest BCUT2D eigenvalue weighted by atomic mass is 35.5. The topological polar surface area (TPSA) is 9.72 Å². The van der Waals surface area contributed by atoms with Gasteiger partial charge in [0.1, 0.15) is 0 Å². The van der Waals surface area contributed by atoms with E-state index in [4.69, 9.17) is 11.6 Å². The van der Waals surface area contributed by atoms with Gasteiger partial charge in [-0.25, -0.2) is 0 Å². The molecule has 0 amide bonds. The molecule has 0 radical (unpaired) electrons. The van der Waals surface area contributed by atoms with Crippen LogP contribution in [0.5, 0.6) is 0 Å². The predicted octanol–water partition coefficient (Wildman–Crippen LogP) is 7.17. The minimum atomic E-state index is -4.35. The summed E-state index contributed by atoms with van der Waals surface area (Å²) in [5.41, 5.74) is 2.26. The zero-order chi connectivity index (χ0) is 24.4. The number of piperazine rings is 1.